The van der Waals surface area contributed by atoms with Crippen LogP contribution in [0, 0.1) is 6.92 Å². The quantitative estimate of drug-likeness (QED) is 0.529. The molecule has 5 heteroatoms. The number of hydrogen-bond acceptors (Lipinski definition) is 4. The summed E-state index contributed by atoms with van der Waals surface area (Å²) in [7, 11) is 0. The normalized spacial score (nSPS) is 11.3. The van der Waals surface area contributed by atoms with Crippen LogP contribution in [0.5, 0.6) is 0 Å². The zero-order chi connectivity index (χ0) is 14.4. The van der Waals surface area contributed by atoms with E-state index in [9.17, 15) is 4.79 Å². The molecule has 0 saturated carbocycles. The van der Waals surface area contributed by atoms with Gasteiger partial charge in [0.25, 0.3) is 0 Å². The summed E-state index contributed by atoms with van der Waals surface area (Å²) in [5.74, 6) is 0. The monoisotopic (exact) mass is 293 g/mol. The Bertz CT molecular complexity index is 984. The van der Waals surface area contributed by atoms with E-state index in [1.54, 1.807) is 0 Å². The molecule has 0 atom stereocenters. The van der Waals surface area contributed by atoms with Crippen LogP contribution in [0.2, 0.25) is 0 Å². The largest absolute Gasteiger partial charge is 0.297 e. The average Bonchev–Trinajstić information content (AvgIpc) is 3.08. The predicted molar refractivity (Wildman–Crippen MR) is 84.4 cm³/mol. The van der Waals surface area contributed by atoms with E-state index in [4.69, 9.17) is 0 Å². The number of fused-ring (bicyclic) bond motifs is 2. The van der Waals surface area contributed by atoms with Crippen molar-refractivity contribution in [3.8, 4) is 5.69 Å². The number of thiophene rings is 1. The number of aryl methyl sites for hydroxylation is 1. The summed E-state index contributed by atoms with van der Waals surface area (Å²) in [6, 6.07) is 14.0. The van der Waals surface area contributed by atoms with Crippen LogP contribution < -0.4 is 0 Å². The number of para-hydroxylation sites is 1. The van der Waals surface area contributed by atoms with Gasteiger partial charge >= 0.3 is 0 Å². The van der Waals surface area contributed by atoms with Crippen LogP contribution in [-0.4, -0.2) is 21.3 Å². The van der Waals surface area contributed by atoms with Gasteiger partial charge in [0.15, 0.2) is 6.29 Å². The lowest BCUT2D eigenvalue weighted by Crippen LogP contribution is -1.96. The van der Waals surface area contributed by atoms with Crippen LogP contribution >= 0.6 is 11.3 Å². The molecule has 2 aromatic carbocycles. The maximum atomic E-state index is 11.1. The third-order valence-electron chi connectivity index (χ3n) is 3.66. The van der Waals surface area contributed by atoms with Gasteiger partial charge in [0, 0.05) is 4.70 Å². The molecule has 0 fully saturated rings. The molecule has 0 bridgehead atoms. The highest BCUT2D eigenvalue weighted by Gasteiger charge is 2.11. The topological polar surface area (TPSA) is 47.8 Å². The van der Waals surface area contributed by atoms with Gasteiger partial charge in [-0.25, -0.2) is 4.68 Å². The number of nitrogens with zero attached hydrogens (tertiary/aromatic N) is 3. The molecule has 21 heavy (non-hydrogen) atoms. The smallest absolute Gasteiger partial charge is 0.160 e. The van der Waals surface area contributed by atoms with Gasteiger partial charge in [0.1, 0.15) is 5.52 Å². The molecule has 0 unspecified atom stereocenters. The van der Waals surface area contributed by atoms with Crippen molar-refractivity contribution in [2.75, 3.05) is 0 Å². The number of carbonyl (C=O) groups excluding carboxylic acids is 1. The standard InChI is InChI=1S/C16H11N3OS/c1-10-12-8-11(6-7-15(12)21-16(10)9-20)19-14-5-3-2-4-13(14)17-18-19/h2-9H,1H3. The van der Waals surface area contributed by atoms with Crippen molar-refractivity contribution in [3.63, 3.8) is 0 Å². The van der Waals surface area contributed by atoms with Crippen LogP contribution in [0.4, 0.5) is 0 Å². The lowest BCUT2D eigenvalue weighted by atomic mass is 10.1. The summed E-state index contributed by atoms with van der Waals surface area (Å²) in [6.07, 6.45) is 0.921. The van der Waals surface area contributed by atoms with Crippen molar-refractivity contribution >= 4 is 38.7 Å². The van der Waals surface area contributed by atoms with Gasteiger partial charge < -0.3 is 0 Å². The van der Waals surface area contributed by atoms with Gasteiger partial charge in [-0.3, -0.25) is 4.79 Å². The second-order valence-electron chi connectivity index (χ2n) is 4.88. The molecule has 0 N–H and O–H groups in total. The van der Waals surface area contributed by atoms with Crippen molar-refractivity contribution in [1.29, 1.82) is 0 Å². The number of rotatable bonds is 2. The van der Waals surface area contributed by atoms with E-state index in [2.05, 4.69) is 16.4 Å². The van der Waals surface area contributed by atoms with E-state index in [1.165, 1.54) is 11.3 Å². The summed E-state index contributed by atoms with van der Waals surface area (Å²) < 4.78 is 2.94. The van der Waals surface area contributed by atoms with Gasteiger partial charge in [-0.15, -0.1) is 16.4 Å². The average molecular weight is 293 g/mol. The van der Waals surface area contributed by atoms with Crippen LogP contribution in [0.1, 0.15) is 15.2 Å². The minimum absolute atomic E-state index is 0.783. The molecular formula is C16H11N3OS. The molecule has 0 amide bonds. The number of aromatic nitrogens is 3. The van der Waals surface area contributed by atoms with Gasteiger partial charge in [-0.2, -0.15) is 0 Å². The Morgan fingerprint density at radius 2 is 2.05 bits per heavy atom. The van der Waals surface area contributed by atoms with Crippen molar-refractivity contribution in [2.45, 2.75) is 6.92 Å². The molecule has 0 spiro atoms. The van der Waals surface area contributed by atoms with E-state index in [1.807, 2.05) is 48.0 Å². The summed E-state index contributed by atoms with van der Waals surface area (Å²) in [5.41, 5.74) is 3.82. The Morgan fingerprint density at radius 1 is 1.19 bits per heavy atom. The van der Waals surface area contributed by atoms with Crippen molar-refractivity contribution < 1.29 is 4.79 Å². The fourth-order valence-corrected chi connectivity index (χ4v) is 3.54. The number of hydrogen-bond donors (Lipinski definition) is 0. The van der Waals surface area contributed by atoms with Crippen LogP contribution in [-0.2, 0) is 0 Å². The summed E-state index contributed by atoms with van der Waals surface area (Å²) in [6.45, 7) is 1.98. The predicted octanol–water partition coefficient (Wildman–Crippen LogP) is 3.76. The molecule has 0 aliphatic carbocycles. The summed E-state index contributed by atoms with van der Waals surface area (Å²) >= 11 is 1.52. The zero-order valence-electron chi connectivity index (χ0n) is 11.3. The third-order valence-corrected chi connectivity index (χ3v) is 4.86. The second kappa shape index (κ2) is 4.49. The molecule has 102 valence electrons. The highest BCUT2D eigenvalue weighted by molar-refractivity contribution is 7.20. The van der Waals surface area contributed by atoms with Crippen LogP contribution in [0.15, 0.2) is 42.5 Å². The van der Waals surface area contributed by atoms with Gasteiger partial charge in [0.05, 0.1) is 16.1 Å². The lowest BCUT2D eigenvalue weighted by Gasteiger charge is -2.02. The first-order valence-corrected chi connectivity index (χ1v) is 7.39. The highest BCUT2D eigenvalue weighted by Crippen LogP contribution is 2.31. The van der Waals surface area contributed by atoms with E-state index in [0.29, 0.717) is 0 Å². The van der Waals surface area contributed by atoms with Gasteiger partial charge in [-0.1, -0.05) is 17.3 Å². The first kappa shape index (κ1) is 12.2. The Labute approximate surface area is 124 Å². The molecule has 0 saturated heterocycles. The Balaban J connectivity index is 1.98. The first-order chi connectivity index (χ1) is 10.3. The molecule has 4 nitrogen and oxygen atoms in total. The van der Waals surface area contributed by atoms with Crippen molar-refractivity contribution in [1.82, 2.24) is 15.0 Å². The van der Waals surface area contributed by atoms with E-state index in [-0.39, 0.29) is 0 Å². The summed E-state index contributed by atoms with van der Waals surface area (Å²) in [4.78, 5) is 11.9. The maximum absolute atomic E-state index is 11.1. The maximum Gasteiger partial charge on any atom is 0.160 e. The number of benzene rings is 2. The number of aldehydes is 1. The van der Waals surface area contributed by atoms with Crippen molar-refractivity contribution in [2.24, 2.45) is 0 Å². The molecule has 2 heterocycles. The Morgan fingerprint density at radius 3 is 2.90 bits per heavy atom. The molecular weight excluding hydrogens is 282 g/mol. The Kier molecular flexibility index (Phi) is 2.62. The van der Waals surface area contributed by atoms with Crippen LogP contribution in [0.25, 0.3) is 26.8 Å². The minimum Gasteiger partial charge on any atom is -0.297 e. The molecule has 0 aliphatic rings. The fraction of sp³-hybridized carbons (Fsp3) is 0.0625. The van der Waals surface area contributed by atoms with E-state index < -0.39 is 0 Å². The summed E-state index contributed by atoms with van der Waals surface area (Å²) in [5, 5.41) is 9.50. The number of carbonyl (C=O) groups is 1. The zero-order valence-corrected chi connectivity index (χ0v) is 12.1. The first-order valence-electron chi connectivity index (χ1n) is 6.57. The van der Waals surface area contributed by atoms with Crippen LogP contribution in [0.3, 0.4) is 0 Å². The van der Waals surface area contributed by atoms with E-state index >= 15 is 0 Å². The lowest BCUT2D eigenvalue weighted by molar-refractivity contribution is 0.112. The minimum atomic E-state index is 0.783. The molecule has 0 aliphatic heterocycles. The Hall–Kier alpha value is -2.53. The second-order valence-corrected chi connectivity index (χ2v) is 5.96. The molecule has 0 radical (unpaired) electrons. The molecule has 4 aromatic rings. The third kappa shape index (κ3) is 1.78. The molecule has 4 rings (SSSR count). The van der Waals surface area contributed by atoms with Gasteiger partial charge in [0.2, 0.25) is 0 Å². The SMILES string of the molecule is Cc1c(C=O)sc2ccc(-n3nnc4ccccc43)cc12. The van der Waals surface area contributed by atoms with E-state index in [0.717, 1.165) is 43.5 Å². The fourth-order valence-electron chi connectivity index (χ4n) is 2.53. The highest BCUT2D eigenvalue weighted by atomic mass is 32.1. The molecule has 2 aromatic heterocycles. The van der Waals surface area contributed by atoms with Crippen molar-refractivity contribution in [3.05, 3.63) is 52.9 Å². The van der Waals surface area contributed by atoms with Gasteiger partial charge in [-0.05, 0) is 48.2 Å².